The van der Waals surface area contributed by atoms with E-state index in [0.29, 0.717) is 42.1 Å². The molecule has 7 nitrogen and oxygen atoms in total. The summed E-state index contributed by atoms with van der Waals surface area (Å²) >= 11 is 0. The van der Waals surface area contributed by atoms with Crippen LogP contribution in [0.2, 0.25) is 0 Å². The van der Waals surface area contributed by atoms with Crippen LogP contribution in [0.5, 0.6) is 5.75 Å². The fourth-order valence-corrected chi connectivity index (χ4v) is 3.68. The molecule has 1 unspecified atom stereocenters. The Balaban J connectivity index is 1.31. The predicted octanol–water partition coefficient (Wildman–Crippen LogP) is 4.16. The average Bonchev–Trinajstić information content (AvgIpc) is 3.24. The van der Waals surface area contributed by atoms with Crippen LogP contribution in [0.1, 0.15) is 27.1 Å². The first kappa shape index (κ1) is 22.1. The first-order chi connectivity index (χ1) is 16.0. The number of hydrogen-bond acceptors (Lipinski definition) is 5. The lowest BCUT2D eigenvalue weighted by Crippen LogP contribution is -2.25. The average molecular weight is 444 g/mol. The quantitative estimate of drug-likeness (QED) is 0.553. The number of ether oxygens (including phenoxy) is 2. The molecule has 1 fully saturated rings. The van der Waals surface area contributed by atoms with Crippen molar-refractivity contribution in [1.29, 1.82) is 0 Å². The summed E-state index contributed by atoms with van der Waals surface area (Å²) in [5.41, 5.74) is 2.48. The highest BCUT2D eigenvalue weighted by Crippen LogP contribution is 2.27. The largest absolute Gasteiger partial charge is 0.493 e. The summed E-state index contributed by atoms with van der Waals surface area (Å²) < 4.78 is 10.5. The molecule has 1 atom stereocenters. The molecular formula is C26H24N2O5. The van der Waals surface area contributed by atoms with Gasteiger partial charge in [-0.15, -0.1) is 0 Å². The highest BCUT2D eigenvalue weighted by atomic mass is 16.5. The summed E-state index contributed by atoms with van der Waals surface area (Å²) in [4.78, 5) is 38.1. The topological polar surface area (TPSA) is 84.9 Å². The lowest BCUT2D eigenvalue weighted by molar-refractivity contribution is -0.117. The molecule has 0 saturated carbocycles. The van der Waals surface area contributed by atoms with Gasteiger partial charge in [0.05, 0.1) is 19.3 Å². The molecule has 1 saturated heterocycles. The van der Waals surface area contributed by atoms with Crippen molar-refractivity contribution in [3.05, 3.63) is 90.0 Å². The van der Waals surface area contributed by atoms with Crippen LogP contribution in [-0.4, -0.2) is 38.0 Å². The normalized spacial score (nSPS) is 15.2. The Morgan fingerprint density at radius 3 is 2.30 bits per heavy atom. The Morgan fingerprint density at radius 2 is 1.64 bits per heavy atom. The van der Waals surface area contributed by atoms with E-state index in [2.05, 4.69) is 10.1 Å². The van der Waals surface area contributed by atoms with Crippen LogP contribution in [0.3, 0.4) is 0 Å². The molecule has 3 aromatic rings. The van der Waals surface area contributed by atoms with Gasteiger partial charge in [-0.3, -0.25) is 9.59 Å². The van der Waals surface area contributed by atoms with Crippen LogP contribution < -0.4 is 15.0 Å². The number of nitrogens with one attached hydrogen (secondary N) is 1. The zero-order chi connectivity index (χ0) is 23.2. The molecule has 4 rings (SSSR count). The van der Waals surface area contributed by atoms with E-state index in [4.69, 9.17) is 4.74 Å². The Bertz CT molecular complexity index is 1130. The Morgan fingerprint density at radius 1 is 0.939 bits per heavy atom. The second-order valence-corrected chi connectivity index (χ2v) is 7.77. The minimum atomic E-state index is -0.399. The van der Waals surface area contributed by atoms with Gasteiger partial charge in [0.15, 0.2) is 0 Å². The standard InChI is InChI=1S/C26H24N2O5/c1-32-26(31)20-7-13-23(14-8-20)33-17-18-15-24(29)28(16-18)22-11-9-21(10-12-22)27-25(30)19-5-3-2-4-6-19/h2-14,18H,15-17H2,1H3,(H,27,30). The first-order valence-corrected chi connectivity index (χ1v) is 10.6. The number of carbonyl (C=O) groups is 3. The van der Waals surface area contributed by atoms with Gasteiger partial charge in [-0.2, -0.15) is 0 Å². The molecule has 1 aliphatic rings. The van der Waals surface area contributed by atoms with E-state index in [-0.39, 0.29) is 17.7 Å². The summed E-state index contributed by atoms with van der Waals surface area (Å²) in [7, 11) is 1.34. The molecule has 33 heavy (non-hydrogen) atoms. The molecule has 0 aromatic heterocycles. The molecule has 1 aliphatic heterocycles. The molecule has 0 spiro atoms. The number of esters is 1. The van der Waals surface area contributed by atoms with Gasteiger partial charge in [-0.1, -0.05) is 18.2 Å². The maximum atomic E-state index is 12.5. The molecule has 3 aromatic carbocycles. The summed E-state index contributed by atoms with van der Waals surface area (Å²) in [6.07, 6.45) is 0.396. The van der Waals surface area contributed by atoms with E-state index in [0.717, 1.165) is 5.69 Å². The number of amides is 2. The van der Waals surface area contributed by atoms with E-state index in [1.165, 1.54) is 7.11 Å². The number of methoxy groups -OCH3 is 1. The van der Waals surface area contributed by atoms with E-state index in [1.54, 1.807) is 53.4 Å². The highest BCUT2D eigenvalue weighted by Gasteiger charge is 2.31. The van der Waals surface area contributed by atoms with Gasteiger partial charge in [-0.05, 0) is 60.7 Å². The van der Waals surface area contributed by atoms with Crippen LogP contribution in [0.25, 0.3) is 0 Å². The first-order valence-electron chi connectivity index (χ1n) is 10.6. The third-order valence-corrected chi connectivity index (χ3v) is 5.44. The Hall–Kier alpha value is -4.13. The molecule has 0 radical (unpaired) electrons. The molecule has 1 heterocycles. The predicted molar refractivity (Wildman–Crippen MR) is 125 cm³/mol. The zero-order valence-corrected chi connectivity index (χ0v) is 18.2. The number of nitrogens with zero attached hydrogens (tertiary/aromatic N) is 1. The fourth-order valence-electron chi connectivity index (χ4n) is 3.68. The SMILES string of the molecule is COC(=O)c1ccc(OCC2CC(=O)N(c3ccc(NC(=O)c4ccccc4)cc3)C2)cc1. The molecule has 0 bridgehead atoms. The van der Waals surface area contributed by atoms with Gasteiger partial charge in [0.25, 0.3) is 5.91 Å². The van der Waals surface area contributed by atoms with Crippen molar-refractivity contribution in [2.75, 3.05) is 30.5 Å². The molecular weight excluding hydrogens is 420 g/mol. The summed E-state index contributed by atoms with van der Waals surface area (Å²) in [5.74, 6) is 0.134. The lowest BCUT2D eigenvalue weighted by atomic mass is 10.1. The van der Waals surface area contributed by atoms with E-state index >= 15 is 0 Å². The number of benzene rings is 3. The summed E-state index contributed by atoms with van der Waals surface area (Å²) in [5, 5.41) is 2.86. The second-order valence-electron chi connectivity index (χ2n) is 7.77. The number of rotatable bonds is 7. The van der Waals surface area contributed by atoms with Gasteiger partial charge >= 0.3 is 5.97 Å². The van der Waals surface area contributed by atoms with E-state index in [9.17, 15) is 14.4 Å². The maximum Gasteiger partial charge on any atom is 0.337 e. The van der Waals surface area contributed by atoms with Gasteiger partial charge in [0, 0.05) is 35.8 Å². The summed E-state index contributed by atoms with van der Waals surface area (Å²) in [6, 6.07) is 22.9. The fraction of sp³-hybridized carbons (Fsp3) is 0.192. The molecule has 1 N–H and O–H groups in total. The molecule has 2 amide bonds. The van der Waals surface area contributed by atoms with Gasteiger partial charge in [0.1, 0.15) is 5.75 Å². The monoisotopic (exact) mass is 444 g/mol. The second kappa shape index (κ2) is 9.99. The van der Waals surface area contributed by atoms with Crippen molar-refractivity contribution >= 4 is 29.2 Å². The van der Waals surface area contributed by atoms with Crippen molar-refractivity contribution in [1.82, 2.24) is 0 Å². The number of hydrogen-bond donors (Lipinski definition) is 1. The van der Waals surface area contributed by atoms with Gasteiger partial charge in [0.2, 0.25) is 5.91 Å². The van der Waals surface area contributed by atoms with Gasteiger partial charge < -0.3 is 19.7 Å². The minimum Gasteiger partial charge on any atom is -0.493 e. The zero-order valence-electron chi connectivity index (χ0n) is 18.2. The number of anilines is 2. The smallest absolute Gasteiger partial charge is 0.337 e. The third kappa shape index (κ3) is 5.38. The van der Waals surface area contributed by atoms with E-state index < -0.39 is 5.97 Å². The maximum absolute atomic E-state index is 12.5. The van der Waals surface area contributed by atoms with Crippen LogP contribution in [0.4, 0.5) is 11.4 Å². The van der Waals surface area contributed by atoms with Crippen molar-refractivity contribution in [2.45, 2.75) is 6.42 Å². The Kier molecular flexibility index (Phi) is 6.69. The Labute approximate surface area is 191 Å². The van der Waals surface area contributed by atoms with Crippen molar-refractivity contribution in [3.8, 4) is 5.75 Å². The van der Waals surface area contributed by atoms with Crippen molar-refractivity contribution < 1.29 is 23.9 Å². The van der Waals surface area contributed by atoms with Crippen LogP contribution in [0, 0.1) is 5.92 Å². The number of carbonyl (C=O) groups excluding carboxylic acids is 3. The molecule has 7 heteroatoms. The summed E-state index contributed by atoms with van der Waals surface area (Å²) in [6.45, 7) is 0.944. The third-order valence-electron chi connectivity index (χ3n) is 5.44. The lowest BCUT2D eigenvalue weighted by Gasteiger charge is -2.18. The van der Waals surface area contributed by atoms with Crippen LogP contribution in [-0.2, 0) is 9.53 Å². The van der Waals surface area contributed by atoms with Gasteiger partial charge in [-0.25, -0.2) is 4.79 Å². The molecule has 0 aliphatic carbocycles. The van der Waals surface area contributed by atoms with E-state index in [1.807, 2.05) is 30.3 Å². The van der Waals surface area contributed by atoms with Crippen LogP contribution in [0.15, 0.2) is 78.9 Å². The van der Waals surface area contributed by atoms with Crippen molar-refractivity contribution in [2.24, 2.45) is 5.92 Å². The molecule has 168 valence electrons. The van der Waals surface area contributed by atoms with Crippen molar-refractivity contribution in [3.63, 3.8) is 0 Å². The van der Waals surface area contributed by atoms with Crippen LogP contribution >= 0.6 is 0 Å². The highest BCUT2D eigenvalue weighted by molar-refractivity contribution is 6.04. The minimum absolute atomic E-state index is 0.0331.